The van der Waals surface area contributed by atoms with E-state index in [-0.39, 0.29) is 11.7 Å². The quantitative estimate of drug-likeness (QED) is 0.927. The summed E-state index contributed by atoms with van der Waals surface area (Å²) in [5, 5.41) is 9.68. The fourth-order valence-electron chi connectivity index (χ4n) is 1.66. The molecule has 1 aliphatic rings. The van der Waals surface area contributed by atoms with Gasteiger partial charge in [-0.1, -0.05) is 15.9 Å². The molecule has 2 rings (SSSR count). The summed E-state index contributed by atoms with van der Waals surface area (Å²) in [6.07, 6.45) is 2.42. The Kier molecular flexibility index (Phi) is 3.19. The maximum atomic E-state index is 12.0. The minimum atomic E-state index is -0.114. The number of carbonyl (C=O) groups excluding carboxylic acids is 1. The van der Waals surface area contributed by atoms with Crippen molar-refractivity contribution in [2.24, 2.45) is 5.92 Å². The van der Waals surface area contributed by atoms with Crippen LogP contribution in [-0.4, -0.2) is 29.5 Å². The van der Waals surface area contributed by atoms with Gasteiger partial charge >= 0.3 is 0 Å². The highest BCUT2D eigenvalue weighted by Crippen LogP contribution is 2.30. The Labute approximate surface area is 103 Å². The molecule has 1 amide bonds. The van der Waals surface area contributed by atoms with Crippen LogP contribution in [0, 0.1) is 5.92 Å². The molecule has 0 saturated heterocycles. The van der Waals surface area contributed by atoms with Crippen LogP contribution in [0.25, 0.3) is 0 Å². The topological polar surface area (TPSA) is 40.5 Å². The third kappa shape index (κ3) is 2.55. The number of carbonyl (C=O) groups is 1. The lowest BCUT2D eigenvalue weighted by molar-refractivity contribution is 0.0785. The summed E-state index contributed by atoms with van der Waals surface area (Å²) in [6, 6.07) is 4.95. The molecular formula is C12H14BrNO2. The molecule has 0 spiro atoms. The molecule has 0 aromatic heterocycles. The number of nitrogens with zero attached hydrogens (tertiary/aromatic N) is 1. The standard InChI is InChI=1S/C12H14BrNO2/c1-14(7-8-2-3-8)12(16)10-5-4-9(13)6-11(10)15/h4-6,8,15H,2-3,7H2,1H3. The van der Waals surface area contributed by atoms with Gasteiger partial charge in [-0.25, -0.2) is 0 Å². The zero-order valence-electron chi connectivity index (χ0n) is 9.11. The first kappa shape index (κ1) is 11.5. The summed E-state index contributed by atoms with van der Waals surface area (Å²) >= 11 is 3.25. The van der Waals surface area contributed by atoms with Gasteiger partial charge in [-0.2, -0.15) is 0 Å². The van der Waals surface area contributed by atoms with Crippen LogP contribution in [0.3, 0.4) is 0 Å². The van der Waals surface area contributed by atoms with Crippen LogP contribution < -0.4 is 0 Å². The molecule has 0 atom stereocenters. The van der Waals surface area contributed by atoms with Crippen LogP contribution in [0.4, 0.5) is 0 Å². The fraction of sp³-hybridized carbons (Fsp3) is 0.417. The molecule has 1 fully saturated rings. The molecule has 1 N–H and O–H groups in total. The highest BCUT2D eigenvalue weighted by atomic mass is 79.9. The Morgan fingerprint density at radius 2 is 2.25 bits per heavy atom. The highest BCUT2D eigenvalue weighted by Gasteiger charge is 2.26. The van der Waals surface area contributed by atoms with E-state index in [2.05, 4.69) is 15.9 Å². The summed E-state index contributed by atoms with van der Waals surface area (Å²) in [6.45, 7) is 0.786. The zero-order chi connectivity index (χ0) is 11.7. The Balaban J connectivity index is 2.12. The van der Waals surface area contributed by atoms with Gasteiger partial charge in [-0.05, 0) is 37.0 Å². The lowest BCUT2D eigenvalue weighted by atomic mass is 10.1. The number of benzene rings is 1. The first-order valence-electron chi connectivity index (χ1n) is 5.32. The van der Waals surface area contributed by atoms with Gasteiger partial charge in [0.1, 0.15) is 5.75 Å². The van der Waals surface area contributed by atoms with Gasteiger partial charge in [0.2, 0.25) is 0 Å². The smallest absolute Gasteiger partial charge is 0.257 e. The first-order valence-corrected chi connectivity index (χ1v) is 6.11. The minimum absolute atomic E-state index is 0.0296. The lowest BCUT2D eigenvalue weighted by Crippen LogP contribution is -2.28. The van der Waals surface area contributed by atoms with Crippen molar-refractivity contribution in [3.8, 4) is 5.75 Å². The predicted molar refractivity (Wildman–Crippen MR) is 65.5 cm³/mol. The van der Waals surface area contributed by atoms with Gasteiger partial charge in [0.25, 0.3) is 5.91 Å². The second-order valence-corrected chi connectivity index (χ2v) is 5.21. The second kappa shape index (κ2) is 4.45. The van der Waals surface area contributed by atoms with Crippen LogP contribution in [0.15, 0.2) is 22.7 Å². The van der Waals surface area contributed by atoms with Gasteiger partial charge in [0.15, 0.2) is 0 Å². The Hall–Kier alpha value is -1.03. The summed E-state index contributed by atoms with van der Waals surface area (Å²) in [5.74, 6) is 0.575. The molecule has 3 nitrogen and oxygen atoms in total. The molecule has 0 radical (unpaired) electrons. The molecule has 1 aliphatic carbocycles. The van der Waals surface area contributed by atoms with Gasteiger partial charge in [0, 0.05) is 18.1 Å². The van der Waals surface area contributed by atoms with Crippen molar-refractivity contribution in [3.63, 3.8) is 0 Å². The van der Waals surface area contributed by atoms with Crippen molar-refractivity contribution in [2.45, 2.75) is 12.8 Å². The van der Waals surface area contributed by atoms with Crippen LogP contribution >= 0.6 is 15.9 Å². The van der Waals surface area contributed by atoms with Crippen molar-refractivity contribution in [1.82, 2.24) is 4.90 Å². The molecule has 0 aliphatic heterocycles. The Bertz CT molecular complexity index is 415. The molecule has 1 saturated carbocycles. The number of hydrogen-bond donors (Lipinski definition) is 1. The maximum absolute atomic E-state index is 12.0. The van der Waals surface area contributed by atoms with Crippen LogP contribution in [-0.2, 0) is 0 Å². The number of phenolic OH excluding ortho intramolecular Hbond substituents is 1. The summed E-state index contributed by atoms with van der Waals surface area (Å²) in [5.41, 5.74) is 0.367. The number of rotatable bonds is 3. The van der Waals surface area contributed by atoms with E-state index in [0.29, 0.717) is 11.5 Å². The number of halogens is 1. The van der Waals surface area contributed by atoms with E-state index in [9.17, 15) is 9.90 Å². The lowest BCUT2D eigenvalue weighted by Gasteiger charge is -2.17. The Morgan fingerprint density at radius 1 is 1.56 bits per heavy atom. The van der Waals surface area contributed by atoms with E-state index in [1.54, 1.807) is 24.1 Å². The third-order valence-corrected chi connectivity index (χ3v) is 3.26. The summed E-state index contributed by atoms with van der Waals surface area (Å²) < 4.78 is 0.770. The largest absolute Gasteiger partial charge is 0.507 e. The number of hydrogen-bond acceptors (Lipinski definition) is 2. The molecule has 4 heteroatoms. The molecular weight excluding hydrogens is 270 g/mol. The zero-order valence-corrected chi connectivity index (χ0v) is 10.7. The molecule has 86 valence electrons. The van der Waals surface area contributed by atoms with Crippen molar-refractivity contribution in [2.75, 3.05) is 13.6 Å². The molecule has 0 heterocycles. The van der Waals surface area contributed by atoms with E-state index in [4.69, 9.17) is 0 Å². The van der Waals surface area contributed by atoms with E-state index < -0.39 is 0 Å². The molecule has 16 heavy (non-hydrogen) atoms. The number of phenols is 1. The van der Waals surface area contributed by atoms with Crippen LogP contribution in [0.5, 0.6) is 5.75 Å². The fourth-order valence-corrected chi connectivity index (χ4v) is 2.01. The molecule has 0 unspecified atom stereocenters. The summed E-state index contributed by atoms with van der Waals surface area (Å²) in [7, 11) is 1.78. The van der Waals surface area contributed by atoms with Gasteiger partial charge in [-0.15, -0.1) is 0 Å². The SMILES string of the molecule is CN(CC1CC1)C(=O)c1ccc(Br)cc1O. The molecule has 0 bridgehead atoms. The monoisotopic (exact) mass is 283 g/mol. The van der Waals surface area contributed by atoms with E-state index in [0.717, 1.165) is 11.0 Å². The molecule has 1 aromatic carbocycles. The normalized spacial score (nSPS) is 14.9. The second-order valence-electron chi connectivity index (χ2n) is 4.29. The average Bonchev–Trinajstić information content (AvgIpc) is 3.00. The van der Waals surface area contributed by atoms with Gasteiger partial charge in [0.05, 0.1) is 5.56 Å². The van der Waals surface area contributed by atoms with Gasteiger partial charge in [-0.3, -0.25) is 4.79 Å². The van der Waals surface area contributed by atoms with Crippen molar-refractivity contribution >= 4 is 21.8 Å². The third-order valence-electron chi connectivity index (χ3n) is 2.77. The van der Waals surface area contributed by atoms with Gasteiger partial charge < -0.3 is 10.0 Å². The van der Waals surface area contributed by atoms with Crippen molar-refractivity contribution in [1.29, 1.82) is 0 Å². The van der Waals surface area contributed by atoms with Crippen LogP contribution in [0.2, 0.25) is 0 Å². The van der Waals surface area contributed by atoms with E-state index in [1.165, 1.54) is 18.9 Å². The van der Waals surface area contributed by atoms with Crippen molar-refractivity contribution < 1.29 is 9.90 Å². The first-order chi connectivity index (χ1) is 7.58. The van der Waals surface area contributed by atoms with E-state index >= 15 is 0 Å². The highest BCUT2D eigenvalue weighted by molar-refractivity contribution is 9.10. The van der Waals surface area contributed by atoms with Crippen molar-refractivity contribution in [3.05, 3.63) is 28.2 Å². The summed E-state index contributed by atoms with van der Waals surface area (Å²) in [4.78, 5) is 13.7. The number of amides is 1. The molecule has 1 aromatic rings. The predicted octanol–water partition coefficient (Wildman–Crippen LogP) is 2.64. The minimum Gasteiger partial charge on any atom is -0.507 e. The van der Waals surface area contributed by atoms with E-state index in [1.807, 2.05) is 0 Å². The van der Waals surface area contributed by atoms with Crippen LogP contribution in [0.1, 0.15) is 23.2 Å². The maximum Gasteiger partial charge on any atom is 0.257 e. The Morgan fingerprint density at radius 3 is 2.81 bits per heavy atom. The average molecular weight is 284 g/mol. The number of aromatic hydroxyl groups is 1.